The second-order valence-corrected chi connectivity index (χ2v) is 6.36. The number of hydrogen-bond donors (Lipinski definition) is 1. The number of benzene rings is 2. The van der Waals surface area contributed by atoms with Gasteiger partial charge in [0.2, 0.25) is 0 Å². The predicted molar refractivity (Wildman–Crippen MR) is 92.7 cm³/mol. The molecular formula is C18H16N2OS. The molecule has 1 aromatic heterocycles. The Labute approximate surface area is 133 Å². The van der Waals surface area contributed by atoms with Crippen LogP contribution in [0.1, 0.15) is 27.0 Å². The highest BCUT2D eigenvalue weighted by atomic mass is 32.1. The summed E-state index contributed by atoms with van der Waals surface area (Å²) in [5, 5.41) is 6.20. The van der Waals surface area contributed by atoms with Crippen molar-refractivity contribution in [2.24, 2.45) is 5.10 Å². The Balaban J connectivity index is 1.85. The Bertz CT molecular complexity index is 859. The van der Waals surface area contributed by atoms with Crippen LogP contribution in [0, 0.1) is 6.92 Å². The third kappa shape index (κ3) is 2.92. The average Bonchev–Trinajstić information content (AvgIpc) is 2.98. The Hall–Kier alpha value is -2.46. The van der Waals surface area contributed by atoms with E-state index in [1.165, 1.54) is 4.88 Å². The number of hydrogen-bond acceptors (Lipinski definition) is 3. The molecule has 1 N–H and O–H groups in total. The van der Waals surface area contributed by atoms with Gasteiger partial charge in [0.05, 0.1) is 10.6 Å². The topological polar surface area (TPSA) is 41.5 Å². The number of nitrogens with zero attached hydrogens (tertiary/aromatic N) is 1. The van der Waals surface area contributed by atoms with Crippen LogP contribution in [0.25, 0.3) is 10.8 Å². The maximum atomic E-state index is 12.4. The zero-order valence-electron chi connectivity index (χ0n) is 12.5. The van der Waals surface area contributed by atoms with E-state index in [4.69, 9.17) is 0 Å². The first-order chi connectivity index (χ1) is 10.6. The molecule has 4 heteroatoms. The molecule has 22 heavy (non-hydrogen) atoms. The maximum Gasteiger partial charge on any atom is 0.272 e. The first kappa shape index (κ1) is 14.5. The van der Waals surface area contributed by atoms with Gasteiger partial charge in [-0.1, -0.05) is 36.4 Å². The van der Waals surface area contributed by atoms with Crippen molar-refractivity contribution < 1.29 is 4.79 Å². The molecule has 3 aromatic rings. The minimum atomic E-state index is -0.190. The van der Waals surface area contributed by atoms with Gasteiger partial charge in [-0.3, -0.25) is 4.79 Å². The van der Waals surface area contributed by atoms with E-state index in [1.54, 1.807) is 11.3 Å². The van der Waals surface area contributed by atoms with Crippen LogP contribution in [0.5, 0.6) is 0 Å². The van der Waals surface area contributed by atoms with E-state index in [1.807, 2.05) is 61.5 Å². The van der Waals surface area contributed by atoms with Gasteiger partial charge < -0.3 is 0 Å². The molecule has 1 heterocycles. The van der Waals surface area contributed by atoms with E-state index in [0.717, 1.165) is 21.4 Å². The molecule has 0 saturated carbocycles. The molecule has 0 saturated heterocycles. The fraction of sp³-hybridized carbons (Fsp3) is 0.111. The molecule has 0 radical (unpaired) electrons. The maximum absolute atomic E-state index is 12.4. The predicted octanol–water partition coefficient (Wildman–Crippen LogP) is 4.36. The van der Waals surface area contributed by atoms with Crippen LogP contribution < -0.4 is 5.43 Å². The van der Waals surface area contributed by atoms with Crippen molar-refractivity contribution in [2.75, 3.05) is 0 Å². The lowest BCUT2D eigenvalue weighted by Gasteiger charge is -2.05. The molecule has 110 valence electrons. The van der Waals surface area contributed by atoms with E-state index in [-0.39, 0.29) is 5.91 Å². The molecule has 2 aromatic carbocycles. The highest BCUT2D eigenvalue weighted by molar-refractivity contribution is 7.14. The number of hydrazone groups is 1. The number of rotatable bonds is 3. The van der Waals surface area contributed by atoms with Crippen LogP contribution >= 0.6 is 11.3 Å². The lowest BCUT2D eigenvalue weighted by molar-refractivity contribution is 0.0956. The van der Waals surface area contributed by atoms with Crippen LogP contribution in [0.15, 0.2) is 59.7 Å². The zero-order valence-corrected chi connectivity index (χ0v) is 13.3. The van der Waals surface area contributed by atoms with Gasteiger partial charge in [0.1, 0.15) is 0 Å². The SMILES string of the molecule is C/C(=N\NC(=O)c1cccc2ccccc12)c1ccc(C)s1. The molecule has 1 amide bonds. The zero-order chi connectivity index (χ0) is 15.5. The normalized spacial score (nSPS) is 11.6. The number of carbonyl (C=O) groups is 1. The summed E-state index contributed by atoms with van der Waals surface area (Å²) < 4.78 is 0. The minimum Gasteiger partial charge on any atom is -0.267 e. The average molecular weight is 308 g/mol. The van der Waals surface area contributed by atoms with Gasteiger partial charge in [0.25, 0.3) is 5.91 Å². The standard InChI is InChI=1S/C18H16N2OS/c1-12-10-11-17(22-12)13(2)19-20-18(21)16-9-5-7-14-6-3-4-8-15(14)16/h3-11H,1-2H3,(H,20,21)/b19-13+. The van der Waals surface area contributed by atoms with Crippen molar-refractivity contribution in [2.45, 2.75) is 13.8 Å². The minimum absolute atomic E-state index is 0.190. The largest absolute Gasteiger partial charge is 0.272 e. The molecule has 0 aliphatic heterocycles. The van der Waals surface area contributed by atoms with Crippen molar-refractivity contribution in [1.29, 1.82) is 0 Å². The van der Waals surface area contributed by atoms with E-state index < -0.39 is 0 Å². The van der Waals surface area contributed by atoms with Crippen LogP contribution in [0.2, 0.25) is 0 Å². The van der Waals surface area contributed by atoms with Gasteiger partial charge in [0.15, 0.2) is 0 Å². The summed E-state index contributed by atoms with van der Waals surface area (Å²) in [4.78, 5) is 14.7. The molecule has 0 bridgehead atoms. The summed E-state index contributed by atoms with van der Waals surface area (Å²) in [7, 11) is 0. The third-order valence-corrected chi connectivity index (χ3v) is 4.57. The van der Waals surface area contributed by atoms with Crippen molar-refractivity contribution in [1.82, 2.24) is 5.43 Å². The van der Waals surface area contributed by atoms with Crippen molar-refractivity contribution in [3.05, 3.63) is 69.9 Å². The Kier molecular flexibility index (Phi) is 4.02. The molecular weight excluding hydrogens is 292 g/mol. The number of amides is 1. The molecule has 0 aliphatic carbocycles. The van der Waals surface area contributed by atoms with Gasteiger partial charge in [-0.2, -0.15) is 5.10 Å². The lowest BCUT2D eigenvalue weighted by Crippen LogP contribution is -2.19. The number of nitrogens with one attached hydrogen (secondary N) is 1. The van der Waals surface area contributed by atoms with Crippen LogP contribution in [0.4, 0.5) is 0 Å². The summed E-state index contributed by atoms with van der Waals surface area (Å²) in [5.41, 5.74) is 4.10. The van der Waals surface area contributed by atoms with E-state index >= 15 is 0 Å². The fourth-order valence-corrected chi connectivity index (χ4v) is 3.11. The molecule has 3 nitrogen and oxygen atoms in total. The van der Waals surface area contributed by atoms with Crippen molar-refractivity contribution in [3.63, 3.8) is 0 Å². The van der Waals surface area contributed by atoms with Crippen LogP contribution in [0.3, 0.4) is 0 Å². The molecule has 3 rings (SSSR count). The van der Waals surface area contributed by atoms with Crippen LogP contribution in [-0.2, 0) is 0 Å². The van der Waals surface area contributed by atoms with Gasteiger partial charge in [-0.25, -0.2) is 5.43 Å². The Morgan fingerprint density at radius 3 is 2.59 bits per heavy atom. The first-order valence-electron chi connectivity index (χ1n) is 7.04. The van der Waals surface area contributed by atoms with E-state index in [0.29, 0.717) is 5.56 Å². The highest BCUT2D eigenvalue weighted by Gasteiger charge is 2.09. The fourth-order valence-electron chi connectivity index (χ4n) is 2.30. The monoisotopic (exact) mass is 308 g/mol. The quantitative estimate of drug-likeness (QED) is 0.567. The number of thiophene rings is 1. The smallest absolute Gasteiger partial charge is 0.267 e. The molecule has 0 atom stereocenters. The van der Waals surface area contributed by atoms with Gasteiger partial charge in [-0.15, -0.1) is 11.3 Å². The van der Waals surface area contributed by atoms with E-state index in [2.05, 4.69) is 17.5 Å². The summed E-state index contributed by atoms with van der Waals surface area (Å²) in [5.74, 6) is -0.190. The van der Waals surface area contributed by atoms with Crippen molar-refractivity contribution >= 4 is 33.7 Å². The Morgan fingerprint density at radius 2 is 1.82 bits per heavy atom. The summed E-state index contributed by atoms with van der Waals surface area (Å²) in [6.45, 7) is 3.95. The molecule has 0 aliphatic rings. The second-order valence-electron chi connectivity index (χ2n) is 5.08. The number of fused-ring (bicyclic) bond motifs is 1. The number of aryl methyl sites for hydroxylation is 1. The van der Waals surface area contributed by atoms with Gasteiger partial charge >= 0.3 is 0 Å². The van der Waals surface area contributed by atoms with Crippen LogP contribution in [-0.4, -0.2) is 11.6 Å². The lowest BCUT2D eigenvalue weighted by atomic mass is 10.0. The molecule has 0 fully saturated rings. The van der Waals surface area contributed by atoms with Crippen molar-refractivity contribution in [3.8, 4) is 0 Å². The summed E-state index contributed by atoms with van der Waals surface area (Å²) >= 11 is 1.66. The molecule has 0 spiro atoms. The molecule has 0 unspecified atom stereocenters. The van der Waals surface area contributed by atoms with Gasteiger partial charge in [0, 0.05) is 10.4 Å². The second kappa shape index (κ2) is 6.12. The Morgan fingerprint density at radius 1 is 1.05 bits per heavy atom. The highest BCUT2D eigenvalue weighted by Crippen LogP contribution is 2.19. The first-order valence-corrected chi connectivity index (χ1v) is 7.86. The summed E-state index contributed by atoms with van der Waals surface area (Å²) in [6, 6.07) is 17.6. The third-order valence-electron chi connectivity index (χ3n) is 3.46. The van der Waals surface area contributed by atoms with Gasteiger partial charge in [-0.05, 0) is 42.8 Å². The number of carbonyl (C=O) groups excluding carboxylic acids is 1. The summed E-state index contributed by atoms with van der Waals surface area (Å²) in [6.07, 6.45) is 0. The van der Waals surface area contributed by atoms with E-state index in [9.17, 15) is 4.79 Å².